The molecule has 108 valence electrons. The molecule has 1 atom stereocenters. The predicted octanol–water partition coefficient (Wildman–Crippen LogP) is 1.71. The number of morpholine rings is 1. The van der Waals surface area contributed by atoms with Crippen LogP contribution in [0.3, 0.4) is 0 Å². The van der Waals surface area contributed by atoms with Crippen molar-refractivity contribution in [3.8, 4) is 0 Å². The Hall–Kier alpha value is -0.610. The van der Waals surface area contributed by atoms with Crippen LogP contribution in [0.5, 0.6) is 0 Å². The molecule has 2 aliphatic carbocycles. The summed E-state index contributed by atoms with van der Waals surface area (Å²) >= 11 is 0. The molecule has 3 fully saturated rings. The first kappa shape index (κ1) is 13.4. The number of hydrogen-bond donors (Lipinski definition) is 1. The number of ether oxygens (including phenoxy) is 1. The maximum atomic E-state index is 12.4. The van der Waals surface area contributed by atoms with Crippen molar-refractivity contribution in [2.75, 3.05) is 19.7 Å². The molecule has 0 aromatic carbocycles. The van der Waals surface area contributed by atoms with Crippen LogP contribution in [-0.2, 0) is 9.53 Å². The zero-order valence-electron chi connectivity index (χ0n) is 11.6. The third-order valence-electron chi connectivity index (χ3n) is 5.17. The third kappa shape index (κ3) is 2.65. The van der Waals surface area contributed by atoms with E-state index in [-0.39, 0.29) is 17.4 Å². The SMILES string of the molecule is O=C(C(O)C1CCC1)N1CCOC2(CCCCC2)C1. The molecule has 0 aromatic rings. The number of rotatable bonds is 2. The fourth-order valence-corrected chi connectivity index (χ4v) is 3.68. The highest BCUT2D eigenvalue weighted by molar-refractivity contribution is 5.81. The molecular formula is C15H25NO3. The number of carbonyl (C=O) groups is 1. The van der Waals surface area contributed by atoms with Gasteiger partial charge in [0, 0.05) is 13.1 Å². The summed E-state index contributed by atoms with van der Waals surface area (Å²) in [5.74, 6) is 0.149. The van der Waals surface area contributed by atoms with Crippen molar-refractivity contribution in [3.63, 3.8) is 0 Å². The Morgan fingerprint density at radius 1 is 1.21 bits per heavy atom. The van der Waals surface area contributed by atoms with Gasteiger partial charge in [0.2, 0.25) is 0 Å². The number of carbonyl (C=O) groups excluding carboxylic acids is 1. The van der Waals surface area contributed by atoms with Gasteiger partial charge in [-0.05, 0) is 31.6 Å². The molecule has 0 radical (unpaired) electrons. The normalized spacial score (nSPS) is 29.0. The lowest BCUT2D eigenvalue weighted by molar-refractivity contribution is -0.166. The maximum absolute atomic E-state index is 12.4. The summed E-state index contributed by atoms with van der Waals surface area (Å²) in [4.78, 5) is 14.2. The van der Waals surface area contributed by atoms with E-state index < -0.39 is 6.10 Å². The highest BCUT2D eigenvalue weighted by Crippen LogP contribution is 2.35. The lowest BCUT2D eigenvalue weighted by atomic mass is 9.80. The van der Waals surface area contributed by atoms with E-state index in [1.54, 1.807) is 0 Å². The molecule has 2 saturated carbocycles. The number of aliphatic hydroxyl groups excluding tert-OH is 1. The van der Waals surface area contributed by atoms with Gasteiger partial charge >= 0.3 is 0 Å². The van der Waals surface area contributed by atoms with Crippen LogP contribution in [0.25, 0.3) is 0 Å². The summed E-state index contributed by atoms with van der Waals surface area (Å²) in [5, 5.41) is 10.1. The second-order valence-corrected chi connectivity index (χ2v) is 6.49. The molecule has 1 spiro atoms. The van der Waals surface area contributed by atoms with Crippen LogP contribution in [0.1, 0.15) is 51.4 Å². The highest BCUT2D eigenvalue weighted by atomic mass is 16.5. The number of hydrogen-bond acceptors (Lipinski definition) is 3. The van der Waals surface area contributed by atoms with Gasteiger partial charge in [0.1, 0.15) is 6.10 Å². The lowest BCUT2D eigenvalue weighted by Gasteiger charge is -2.46. The molecule has 1 unspecified atom stereocenters. The van der Waals surface area contributed by atoms with Crippen LogP contribution in [0.15, 0.2) is 0 Å². The van der Waals surface area contributed by atoms with Crippen LogP contribution in [0.4, 0.5) is 0 Å². The van der Waals surface area contributed by atoms with E-state index in [0.717, 1.165) is 32.1 Å². The topological polar surface area (TPSA) is 49.8 Å². The van der Waals surface area contributed by atoms with Gasteiger partial charge in [0.15, 0.2) is 0 Å². The highest BCUT2D eigenvalue weighted by Gasteiger charge is 2.41. The van der Waals surface area contributed by atoms with Gasteiger partial charge in [-0.1, -0.05) is 25.7 Å². The van der Waals surface area contributed by atoms with Gasteiger partial charge in [-0.15, -0.1) is 0 Å². The van der Waals surface area contributed by atoms with Crippen molar-refractivity contribution in [1.82, 2.24) is 4.90 Å². The molecule has 1 aliphatic heterocycles. The molecule has 0 bridgehead atoms. The van der Waals surface area contributed by atoms with Gasteiger partial charge in [-0.3, -0.25) is 4.79 Å². The van der Waals surface area contributed by atoms with Crippen molar-refractivity contribution in [3.05, 3.63) is 0 Å². The largest absolute Gasteiger partial charge is 0.383 e. The molecule has 1 saturated heterocycles. The van der Waals surface area contributed by atoms with Gasteiger partial charge in [0.05, 0.1) is 12.2 Å². The average molecular weight is 267 g/mol. The van der Waals surface area contributed by atoms with Gasteiger partial charge in [0.25, 0.3) is 5.91 Å². The smallest absolute Gasteiger partial charge is 0.251 e. The Kier molecular flexibility index (Phi) is 3.81. The van der Waals surface area contributed by atoms with E-state index in [0.29, 0.717) is 19.7 Å². The molecular weight excluding hydrogens is 242 g/mol. The first-order valence-electron chi connectivity index (χ1n) is 7.81. The molecule has 3 aliphatic rings. The van der Waals surface area contributed by atoms with Crippen molar-refractivity contribution in [2.45, 2.75) is 63.1 Å². The molecule has 1 amide bonds. The minimum absolute atomic E-state index is 0.0575. The van der Waals surface area contributed by atoms with Crippen LogP contribution in [0.2, 0.25) is 0 Å². The van der Waals surface area contributed by atoms with Crippen molar-refractivity contribution >= 4 is 5.91 Å². The van der Waals surface area contributed by atoms with E-state index in [1.165, 1.54) is 19.3 Å². The second-order valence-electron chi connectivity index (χ2n) is 6.49. The predicted molar refractivity (Wildman–Crippen MR) is 71.7 cm³/mol. The minimum atomic E-state index is -0.771. The Bertz CT molecular complexity index is 329. The average Bonchev–Trinajstić information content (AvgIpc) is 2.37. The summed E-state index contributed by atoms with van der Waals surface area (Å²) < 4.78 is 5.99. The lowest BCUT2D eigenvalue weighted by Crippen LogP contribution is -2.57. The van der Waals surface area contributed by atoms with Gasteiger partial charge in [-0.25, -0.2) is 0 Å². The van der Waals surface area contributed by atoms with Crippen molar-refractivity contribution < 1.29 is 14.6 Å². The third-order valence-corrected chi connectivity index (χ3v) is 5.17. The molecule has 1 heterocycles. The summed E-state index contributed by atoms with van der Waals surface area (Å²) in [6, 6.07) is 0. The van der Waals surface area contributed by atoms with E-state index in [4.69, 9.17) is 4.74 Å². The van der Waals surface area contributed by atoms with Crippen molar-refractivity contribution in [2.24, 2.45) is 5.92 Å². The molecule has 0 aromatic heterocycles. The van der Waals surface area contributed by atoms with Crippen LogP contribution in [0, 0.1) is 5.92 Å². The fourth-order valence-electron chi connectivity index (χ4n) is 3.68. The van der Waals surface area contributed by atoms with Crippen LogP contribution in [-0.4, -0.2) is 47.3 Å². The quantitative estimate of drug-likeness (QED) is 0.828. The van der Waals surface area contributed by atoms with Gasteiger partial charge in [-0.2, -0.15) is 0 Å². The Balaban J connectivity index is 1.62. The van der Waals surface area contributed by atoms with E-state index in [9.17, 15) is 9.90 Å². The first-order chi connectivity index (χ1) is 9.20. The Morgan fingerprint density at radius 3 is 2.58 bits per heavy atom. The molecule has 19 heavy (non-hydrogen) atoms. The first-order valence-corrected chi connectivity index (χ1v) is 7.81. The number of amides is 1. The van der Waals surface area contributed by atoms with E-state index in [2.05, 4.69) is 0 Å². The summed E-state index contributed by atoms with van der Waals surface area (Å²) in [5.41, 5.74) is -0.106. The van der Waals surface area contributed by atoms with Crippen LogP contribution >= 0.6 is 0 Å². The zero-order valence-corrected chi connectivity index (χ0v) is 11.6. The molecule has 1 N–H and O–H groups in total. The zero-order chi connectivity index (χ0) is 13.3. The second kappa shape index (κ2) is 5.41. The summed E-state index contributed by atoms with van der Waals surface area (Å²) in [6.45, 7) is 1.96. The van der Waals surface area contributed by atoms with Crippen molar-refractivity contribution in [1.29, 1.82) is 0 Å². The molecule has 4 nitrogen and oxygen atoms in total. The summed E-state index contributed by atoms with van der Waals surface area (Å²) in [6.07, 6.45) is 8.20. The van der Waals surface area contributed by atoms with E-state index in [1.807, 2.05) is 4.90 Å². The summed E-state index contributed by atoms with van der Waals surface area (Å²) in [7, 11) is 0. The standard InChI is InChI=1S/C15H25NO3/c17-13(12-5-4-6-12)14(18)16-9-10-19-15(11-16)7-2-1-3-8-15/h12-13,17H,1-11H2. The molecule has 4 heteroatoms. The van der Waals surface area contributed by atoms with Crippen LogP contribution < -0.4 is 0 Å². The van der Waals surface area contributed by atoms with Gasteiger partial charge < -0.3 is 14.7 Å². The fraction of sp³-hybridized carbons (Fsp3) is 0.933. The minimum Gasteiger partial charge on any atom is -0.383 e. The monoisotopic (exact) mass is 267 g/mol. The maximum Gasteiger partial charge on any atom is 0.251 e. The Labute approximate surface area is 115 Å². The van der Waals surface area contributed by atoms with E-state index >= 15 is 0 Å². The molecule has 3 rings (SSSR count). The number of nitrogens with zero attached hydrogens (tertiary/aromatic N) is 1. The Morgan fingerprint density at radius 2 is 1.95 bits per heavy atom. The number of aliphatic hydroxyl groups is 1.